The Morgan fingerprint density at radius 3 is 2.75 bits per heavy atom. The van der Waals surface area contributed by atoms with Gasteiger partial charge < -0.3 is 4.90 Å². The second-order valence-electron chi connectivity index (χ2n) is 6.15. The zero-order valence-corrected chi connectivity index (χ0v) is 13.1. The quantitative estimate of drug-likeness (QED) is 0.803. The van der Waals surface area contributed by atoms with Crippen LogP contribution in [0.2, 0.25) is 0 Å². The minimum atomic E-state index is -0.0658. The number of nitrogens with zero attached hydrogens (tertiary/aromatic N) is 1. The Morgan fingerprint density at radius 1 is 1.35 bits per heavy atom. The van der Waals surface area contributed by atoms with Crippen molar-refractivity contribution >= 4 is 34.8 Å². The van der Waals surface area contributed by atoms with Gasteiger partial charge >= 0.3 is 0 Å². The molecule has 0 aromatic heterocycles. The standard InChI is InChI=1S/C16H17Cl2NO/c1-16(2)11(9-13(17)18)14(16)15(20)19-8-7-10-5-3-4-6-12(10)19/h3-6,9,11,14H,7-8H2,1-2H3/t11-,14+/m0/s1. The summed E-state index contributed by atoms with van der Waals surface area (Å²) in [5, 5.41) is 0. The Labute approximate surface area is 129 Å². The first kappa shape index (κ1) is 14.0. The van der Waals surface area contributed by atoms with E-state index < -0.39 is 0 Å². The van der Waals surface area contributed by atoms with E-state index in [-0.39, 0.29) is 27.6 Å². The molecule has 20 heavy (non-hydrogen) atoms. The fourth-order valence-electron chi connectivity index (χ4n) is 3.33. The third-order valence-electron chi connectivity index (χ3n) is 4.64. The van der Waals surface area contributed by atoms with Crippen LogP contribution in [-0.2, 0) is 11.2 Å². The van der Waals surface area contributed by atoms with Gasteiger partial charge in [0.1, 0.15) is 4.49 Å². The van der Waals surface area contributed by atoms with Crippen molar-refractivity contribution in [3.63, 3.8) is 0 Å². The maximum Gasteiger partial charge on any atom is 0.231 e. The molecule has 0 N–H and O–H groups in total. The molecule has 2 atom stereocenters. The molecular weight excluding hydrogens is 293 g/mol. The summed E-state index contributed by atoms with van der Waals surface area (Å²) in [5.41, 5.74) is 2.24. The number of anilines is 1. The molecule has 0 saturated heterocycles. The first-order valence-corrected chi connectivity index (χ1v) is 7.60. The fourth-order valence-corrected chi connectivity index (χ4v) is 3.60. The molecule has 0 unspecified atom stereocenters. The van der Waals surface area contributed by atoms with Crippen molar-refractivity contribution in [1.82, 2.24) is 0 Å². The van der Waals surface area contributed by atoms with Gasteiger partial charge in [0.2, 0.25) is 5.91 Å². The molecule has 1 heterocycles. The average Bonchev–Trinajstić information content (AvgIpc) is 2.75. The number of benzene rings is 1. The van der Waals surface area contributed by atoms with Gasteiger partial charge in [0.05, 0.1) is 5.92 Å². The van der Waals surface area contributed by atoms with Crippen molar-refractivity contribution in [3.05, 3.63) is 40.4 Å². The number of rotatable bonds is 2. The van der Waals surface area contributed by atoms with E-state index in [1.165, 1.54) is 5.56 Å². The number of hydrogen-bond donors (Lipinski definition) is 0. The molecule has 1 amide bonds. The van der Waals surface area contributed by atoms with Gasteiger partial charge in [-0.3, -0.25) is 4.79 Å². The fraction of sp³-hybridized carbons (Fsp3) is 0.438. The summed E-state index contributed by atoms with van der Waals surface area (Å²) in [7, 11) is 0. The maximum absolute atomic E-state index is 12.8. The van der Waals surface area contributed by atoms with E-state index in [0.717, 1.165) is 18.7 Å². The van der Waals surface area contributed by atoms with Crippen LogP contribution >= 0.6 is 23.2 Å². The highest BCUT2D eigenvalue weighted by Gasteiger charge is 2.61. The molecule has 0 radical (unpaired) electrons. The molecule has 4 heteroatoms. The van der Waals surface area contributed by atoms with E-state index >= 15 is 0 Å². The van der Waals surface area contributed by atoms with Crippen molar-refractivity contribution in [2.75, 3.05) is 11.4 Å². The number of allylic oxidation sites excluding steroid dienone is 1. The van der Waals surface area contributed by atoms with Crippen LogP contribution in [0.1, 0.15) is 19.4 Å². The third-order valence-corrected chi connectivity index (χ3v) is 4.89. The lowest BCUT2D eigenvalue weighted by molar-refractivity contribution is -0.120. The zero-order chi connectivity index (χ0) is 14.5. The molecule has 0 spiro atoms. The minimum Gasteiger partial charge on any atom is -0.312 e. The second-order valence-corrected chi connectivity index (χ2v) is 7.16. The number of amides is 1. The molecule has 0 bridgehead atoms. The number of halogens is 2. The van der Waals surface area contributed by atoms with Crippen molar-refractivity contribution in [3.8, 4) is 0 Å². The van der Waals surface area contributed by atoms with Crippen LogP contribution < -0.4 is 4.90 Å². The maximum atomic E-state index is 12.8. The Kier molecular flexibility index (Phi) is 3.34. The van der Waals surface area contributed by atoms with Crippen LogP contribution in [-0.4, -0.2) is 12.5 Å². The summed E-state index contributed by atoms with van der Waals surface area (Å²) in [6, 6.07) is 8.12. The lowest BCUT2D eigenvalue weighted by Crippen LogP contribution is -2.31. The molecule has 1 aromatic carbocycles. The molecule has 1 aliphatic carbocycles. The van der Waals surface area contributed by atoms with Gasteiger partial charge in [-0.05, 0) is 35.5 Å². The van der Waals surface area contributed by atoms with Crippen molar-refractivity contribution in [1.29, 1.82) is 0 Å². The summed E-state index contributed by atoms with van der Waals surface area (Å²) in [4.78, 5) is 14.7. The molecule has 2 nitrogen and oxygen atoms in total. The number of carbonyl (C=O) groups excluding carboxylic acids is 1. The Hall–Kier alpha value is -0.990. The molecule has 1 aromatic rings. The monoisotopic (exact) mass is 309 g/mol. The van der Waals surface area contributed by atoms with E-state index in [9.17, 15) is 4.79 Å². The van der Waals surface area contributed by atoms with Crippen LogP contribution in [0, 0.1) is 17.3 Å². The number of carbonyl (C=O) groups is 1. The smallest absolute Gasteiger partial charge is 0.231 e. The average molecular weight is 310 g/mol. The van der Waals surface area contributed by atoms with Crippen LogP contribution in [0.5, 0.6) is 0 Å². The van der Waals surface area contributed by atoms with Crippen LogP contribution in [0.4, 0.5) is 5.69 Å². The summed E-state index contributed by atoms with van der Waals surface area (Å²) >= 11 is 11.5. The van der Waals surface area contributed by atoms with Gasteiger partial charge in [0.25, 0.3) is 0 Å². The van der Waals surface area contributed by atoms with Crippen molar-refractivity contribution < 1.29 is 4.79 Å². The van der Waals surface area contributed by atoms with E-state index in [4.69, 9.17) is 23.2 Å². The molecular formula is C16H17Cl2NO. The second kappa shape index (κ2) is 4.78. The number of fused-ring (bicyclic) bond motifs is 1. The van der Waals surface area contributed by atoms with E-state index in [1.807, 2.05) is 23.1 Å². The molecule has 2 aliphatic rings. The van der Waals surface area contributed by atoms with Gasteiger partial charge in [0.15, 0.2) is 0 Å². The van der Waals surface area contributed by atoms with E-state index in [1.54, 1.807) is 6.08 Å². The summed E-state index contributed by atoms with van der Waals surface area (Å²) < 4.78 is 0.250. The van der Waals surface area contributed by atoms with Crippen molar-refractivity contribution in [2.45, 2.75) is 20.3 Å². The lowest BCUT2D eigenvalue weighted by Gasteiger charge is -2.18. The summed E-state index contributed by atoms with van der Waals surface area (Å²) in [6.45, 7) is 4.96. The Bertz CT molecular complexity index is 590. The Balaban J connectivity index is 1.84. The van der Waals surface area contributed by atoms with Gasteiger partial charge in [-0.1, -0.05) is 55.2 Å². The summed E-state index contributed by atoms with van der Waals surface area (Å²) in [5.74, 6) is 0.296. The predicted molar refractivity (Wildman–Crippen MR) is 83.0 cm³/mol. The van der Waals surface area contributed by atoms with Gasteiger partial charge in [-0.25, -0.2) is 0 Å². The number of hydrogen-bond acceptors (Lipinski definition) is 1. The Morgan fingerprint density at radius 2 is 2.05 bits per heavy atom. The molecule has 1 aliphatic heterocycles. The van der Waals surface area contributed by atoms with Crippen LogP contribution in [0.3, 0.4) is 0 Å². The molecule has 1 saturated carbocycles. The normalized spacial score (nSPS) is 26.1. The van der Waals surface area contributed by atoms with Crippen molar-refractivity contribution in [2.24, 2.45) is 17.3 Å². The first-order valence-electron chi connectivity index (χ1n) is 6.85. The molecule has 106 valence electrons. The molecule has 1 fully saturated rings. The highest BCUT2D eigenvalue weighted by Crippen LogP contribution is 2.60. The molecule has 3 rings (SSSR count). The van der Waals surface area contributed by atoms with Gasteiger partial charge in [-0.2, -0.15) is 0 Å². The number of para-hydroxylation sites is 1. The van der Waals surface area contributed by atoms with Gasteiger partial charge in [0, 0.05) is 12.2 Å². The predicted octanol–water partition coefficient (Wildman–Crippen LogP) is 4.17. The highest BCUT2D eigenvalue weighted by atomic mass is 35.5. The van der Waals surface area contributed by atoms with E-state index in [2.05, 4.69) is 19.9 Å². The SMILES string of the molecule is CC1(C)[C@@H](C=C(Cl)Cl)[C@@H]1C(=O)N1CCc2ccccc21. The van der Waals surface area contributed by atoms with Crippen LogP contribution in [0.25, 0.3) is 0 Å². The zero-order valence-electron chi connectivity index (χ0n) is 11.6. The third kappa shape index (κ3) is 2.15. The highest BCUT2D eigenvalue weighted by molar-refractivity contribution is 6.55. The first-order chi connectivity index (χ1) is 9.43. The van der Waals surface area contributed by atoms with E-state index in [0.29, 0.717) is 0 Å². The van der Waals surface area contributed by atoms with Crippen LogP contribution in [0.15, 0.2) is 34.8 Å². The minimum absolute atomic E-state index is 0.0267. The summed E-state index contributed by atoms with van der Waals surface area (Å²) in [6.07, 6.45) is 2.74. The topological polar surface area (TPSA) is 20.3 Å². The largest absolute Gasteiger partial charge is 0.312 e. The van der Waals surface area contributed by atoms with Gasteiger partial charge in [-0.15, -0.1) is 0 Å². The lowest BCUT2D eigenvalue weighted by atomic mass is 10.1.